The third-order valence-electron chi connectivity index (χ3n) is 2.91. The summed E-state index contributed by atoms with van der Waals surface area (Å²) >= 11 is 3.38. The molecule has 0 aromatic carbocycles. The largest absolute Gasteiger partial charge is 0.471 e. The summed E-state index contributed by atoms with van der Waals surface area (Å²) in [5.74, 6) is 1.26. The average molecular weight is 305 g/mol. The molecule has 1 N–H and O–H groups in total. The van der Waals surface area contributed by atoms with E-state index in [2.05, 4.69) is 34.3 Å². The summed E-state index contributed by atoms with van der Waals surface area (Å²) in [6, 6.07) is 6.22. The summed E-state index contributed by atoms with van der Waals surface area (Å²) in [5, 5.41) is 6.04. The van der Waals surface area contributed by atoms with Crippen molar-refractivity contribution in [1.82, 2.24) is 9.97 Å². The SMILES string of the molecule is CCc1cc2c(OCc3cccs3)nc(NC)nc2s1. The quantitative estimate of drug-likeness (QED) is 0.775. The molecule has 0 bridgehead atoms. The van der Waals surface area contributed by atoms with Crippen molar-refractivity contribution in [2.24, 2.45) is 0 Å². The summed E-state index contributed by atoms with van der Waals surface area (Å²) in [6.45, 7) is 2.69. The topological polar surface area (TPSA) is 47.0 Å². The Balaban J connectivity index is 1.96. The van der Waals surface area contributed by atoms with Gasteiger partial charge >= 0.3 is 0 Å². The molecule has 0 amide bonds. The molecule has 0 spiro atoms. The number of rotatable bonds is 5. The molecule has 0 saturated carbocycles. The molecular formula is C14H15N3OS2. The van der Waals surface area contributed by atoms with Crippen LogP contribution in [0.3, 0.4) is 0 Å². The molecular weight excluding hydrogens is 290 g/mol. The number of aromatic nitrogens is 2. The predicted molar refractivity (Wildman–Crippen MR) is 85.0 cm³/mol. The Morgan fingerprint density at radius 3 is 2.90 bits per heavy atom. The molecule has 3 heterocycles. The number of ether oxygens (including phenoxy) is 1. The first kappa shape index (κ1) is 13.3. The fourth-order valence-corrected chi connectivity index (χ4v) is 3.45. The number of nitrogens with one attached hydrogen (secondary N) is 1. The lowest BCUT2D eigenvalue weighted by molar-refractivity contribution is 0.301. The molecule has 0 atom stereocenters. The molecule has 0 aliphatic rings. The van der Waals surface area contributed by atoms with Crippen LogP contribution in [0.25, 0.3) is 10.2 Å². The highest BCUT2D eigenvalue weighted by atomic mass is 32.1. The van der Waals surface area contributed by atoms with Gasteiger partial charge in [-0.25, -0.2) is 4.98 Å². The zero-order chi connectivity index (χ0) is 13.9. The van der Waals surface area contributed by atoms with E-state index in [9.17, 15) is 0 Å². The van der Waals surface area contributed by atoms with Gasteiger partial charge in [0.1, 0.15) is 11.4 Å². The fourth-order valence-electron chi connectivity index (χ4n) is 1.88. The molecule has 0 aliphatic carbocycles. The normalized spacial score (nSPS) is 10.9. The summed E-state index contributed by atoms with van der Waals surface area (Å²) in [5.41, 5.74) is 0. The van der Waals surface area contributed by atoms with Crippen LogP contribution in [0.2, 0.25) is 0 Å². The van der Waals surface area contributed by atoms with E-state index in [1.165, 1.54) is 9.75 Å². The van der Waals surface area contributed by atoms with Crippen LogP contribution in [-0.2, 0) is 13.0 Å². The Bertz CT molecular complexity index is 707. The van der Waals surface area contributed by atoms with Gasteiger partial charge in [0.25, 0.3) is 0 Å². The highest BCUT2D eigenvalue weighted by Gasteiger charge is 2.12. The van der Waals surface area contributed by atoms with E-state index in [4.69, 9.17) is 4.74 Å². The van der Waals surface area contributed by atoms with Crippen LogP contribution in [-0.4, -0.2) is 17.0 Å². The lowest BCUT2D eigenvalue weighted by Crippen LogP contribution is -2.01. The van der Waals surface area contributed by atoms with E-state index in [1.54, 1.807) is 22.7 Å². The molecule has 3 aromatic heterocycles. The van der Waals surface area contributed by atoms with Crippen LogP contribution >= 0.6 is 22.7 Å². The van der Waals surface area contributed by atoms with Gasteiger partial charge in [0.05, 0.1) is 5.39 Å². The maximum Gasteiger partial charge on any atom is 0.227 e. The number of hydrogen-bond donors (Lipinski definition) is 1. The molecule has 0 unspecified atom stereocenters. The van der Waals surface area contributed by atoms with Crippen LogP contribution < -0.4 is 10.1 Å². The molecule has 6 heteroatoms. The summed E-state index contributed by atoms with van der Waals surface area (Å²) in [7, 11) is 1.82. The smallest absolute Gasteiger partial charge is 0.227 e. The standard InChI is InChI=1S/C14H15N3OS2/c1-3-9-7-11-12(18-8-10-5-4-6-19-10)16-14(15-2)17-13(11)20-9/h4-7H,3,8H2,1-2H3,(H,15,16,17). The highest BCUT2D eigenvalue weighted by molar-refractivity contribution is 7.18. The summed E-state index contributed by atoms with van der Waals surface area (Å²) in [6.07, 6.45) is 1.00. The number of thiophene rings is 2. The molecule has 0 saturated heterocycles. The zero-order valence-corrected chi connectivity index (χ0v) is 13.0. The van der Waals surface area contributed by atoms with E-state index in [-0.39, 0.29) is 0 Å². The van der Waals surface area contributed by atoms with Gasteiger partial charge in [-0.15, -0.1) is 22.7 Å². The van der Waals surface area contributed by atoms with Crippen LogP contribution in [0.5, 0.6) is 5.88 Å². The van der Waals surface area contributed by atoms with Gasteiger partial charge in [-0.3, -0.25) is 0 Å². The lowest BCUT2D eigenvalue weighted by Gasteiger charge is -2.06. The number of fused-ring (bicyclic) bond motifs is 1. The summed E-state index contributed by atoms with van der Waals surface area (Å²) < 4.78 is 5.89. The van der Waals surface area contributed by atoms with E-state index in [1.807, 2.05) is 18.5 Å². The Morgan fingerprint density at radius 1 is 1.30 bits per heavy atom. The van der Waals surface area contributed by atoms with Gasteiger partial charge in [0.2, 0.25) is 11.8 Å². The maximum atomic E-state index is 5.89. The molecule has 0 radical (unpaired) electrons. The lowest BCUT2D eigenvalue weighted by atomic mass is 10.3. The first-order chi connectivity index (χ1) is 9.80. The highest BCUT2D eigenvalue weighted by Crippen LogP contribution is 2.32. The Morgan fingerprint density at radius 2 is 2.20 bits per heavy atom. The summed E-state index contributed by atoms with van der Waals surface area (Å²) in [4.78, 5) is 12.4. The zero-order valence-electron chi connectivity index (χ0n) is 11.3. The van der Waals surface area contributed by atoms with Gasteiger partial charge in [-0.1, -0.05) is 13.0 Å². The van der Waals surface area contributed by atoms with Crippen molar-refractivity contribution in [2.75, 3.05) is 12.4 Å². The van der Waals surface area contributed by atoms with Crippen LogP contribution in [0, 0.1) is 0 Å². The molecule has 20 heavy (non-hydrogen) atoms. The Kier molecular flexibility index (Phi) is 3.84. The Labute approximate surface area is 125 Å². The minimum absolute atomic E-state index is 0.546. The van der Waals surface area contributed by atoms with Crippen LogP contribution in [0.1, 0.15) is 16.7 Å². The minimum Gasteiger partial charge on any atom is -0.471 e. The van der Waals surface area contributed by atoms with Gasteiger partial charge < -0.3 is 10.1 Å². The predicted octanol–water partition coefficient (Wildman–Crippen LogP) is 3.94. The van der Waals surface area contributed by atoms with Gasteiger partial charge in [0, 0.05) is 16.8 Å². The molecule has 104 valence electrons. The van der Waals surface area contributed by atoms with E-state index in [0.29, 0.717) is 18.4 Å². The van der Waals surface area contributed by atoms with Crippen molar-refractivity contribution < 1.29 is 4.74 Å². The molecule has 3 aromatic rings. The molecule has 4 nitrogen and oxygen atoms in total. The Hall–Kier alpha value is -1.66. The van der Waals surface area contributed by atoms with Crippen LogP contribution in [0.4, 0.5) is 5.95 Å². The fraction of sp³-hybridized carbons (Fsp3) is 0.286. The maximum absolute atomic E-state index is 5.89. The van der Waals surface area contributed by atoms with Crippen molar-refractivity contribution in [3.8, 4) is 5.88 Å². The molecule has 0 fully saturated rings. The first-order valence-electron chi connectivity index (χ1n) is 6.43. The van der Waals surface area contributed by atoms with E-state index in [0.717, 1.165) is 16.6 Å². The monoisotopic (exact) mass is 305 g/mol. The number of hydrogen-bond acceptors (Lipinski definition) is 6. The van der Waals surface area contributed by atoms with Crippen molar-refractivity contribution in [1.29, 1.82) is 0 Å². The number of nitrogens with zero attached hydrogens (tertiary/aromatic N) is 2. The third-order valence-corrected chi connectivity index (χ3v) is 4.94. The van der Waals surface area contributed by atoms with E-state index >= 15 is 0 Å². The molecule has 3 rings (SSSR count). The second-order valence-electron chi connectivity index (χ2n) is 4.26. The van der Waals surface area contributed by atoms with Gasteiger partial charge in [-0.05, 0) is 23.9 Å². The third kappa shape index (κ3) is 2.62. The van der Waals surface area contributed by atoms with Crippen LogP contribution in [0.15, 0.2) is 23.6 Å². The van der Waals surface area contributed by atoms with Gasteiger partial charge in [0.15, 0.2) is 0 Å². The average Bonchev–Trinajstić information content (AvgIpc) is 3.12. The van der Waals surface area contributed by atoms with Crippen molar-refractivity contribution in [2.45, 2.75) is 20.0 Å². The minimum atomic E-state index is 0.546. The van der Waals surface area contributed by atoms with E-state index < -0.39 is 0 Å². The van der Waals surface area contributed by atoms with Crippen molar-refractivity contribution >= 4 is 38.8 Å². The van der Waals surface area contributed by atoms with Crippen molar-refractivity contribution in [3.05, 3.63) is 33.3 Å². The van der Waals surface area contributed by atoms with Gasteiger partial charge in [-0.2, -0.15) is 4.98 Å². The second kappa shape index (κ2) is 5.76. The number of anilines is 1. The number of aryl methyl sites for hydroxylation is 1. The first-order valence-corrected chi connectivity index (χ1v) is 8.13. The molecule has 0 aliphatic heterocycles. The second-order valence-corrected chi connectivity index (χ2v) is 6.40. The van der Waals surface area contributed by atoms with Crippen molar-refractivity contribution in [3.63, 3.8) is 0 Å².